The highest BCUT2D eigenvalue weighted by Gasteiger charge is 2.21. The van der Waals surface area contributed by atoms with Gasteiger partial charge < -0.3 is 4.57 Å². The summed E-state index contributed by atoms with van der Waals surface area (Å²) in [5.74, 6) is -0.0128. The summed E-state index contributed by atoms with van der Waals surface area (Å²) in [5.41, 5.74) is 3.25. The molecule has 0 aliphatic heterocycles. The molecule has 3 rings (SSSR count). The van der Waals surface area contributed by atoms with Crippen LogP contribution in [0.5, 0.6) is 0 Å². The zero-order valence-electron chi connectivity index (χ0n) is 10.2. The van der Waals surface area contributed by atoms with Gasteiger partial charge in [-0.05, 0) is 38.0 Å². The van der Waals surface area contributed by atoms with Crippen LogP contribution < -0.4 is 0 Å². The number of halogens is 1. The topological polar surface area (TPSA) is 22.0 Å². The first-order valence-electron chi connectivity index (χ1n) is 6.17. The molecule has 1 aliphatic carbocycles. The monoisotopic (exact) mass is 243 g/mol. The number of rotatable bonds is 1. The summed E-state index contributed by atoms with van der Waals surface area (Å²) in [7, 11) is 0. The van der Waals surface area contributed by atoms with Crippen molar-refractivity contribution in [3.63, 3.8) is 0 Å². The Hall–Kier alpha value is -1.90. The van der Waals surface area contributed by atoms with Crippen LogP contribution in [0.25, 0.3) is 5.69 Å². The van der Waals surface area contributed by atoms with E-state index in [4.69, 9.17) is 0 Å². The van der Waals surface area contributed by atoms with Gasteiger partial charge in [-0.25, -0.2) is 4.39 Å². The summed E-state index contributed by atoms with van der Waals surface area (Å²) in [6.45, 7) is 1.77. The maximum Gasteiger partial charge on any atom is 0.164 e. The predicted octanol–water partition coefficient (Wildman–Crippen LogP) is 3.44. The van der Waals surface area contributed by atoms with Crippen molar-refractivity contribution in [2.24, 2.45) is 0 Å². The van der Waals surface area contributed by atoms with E-state index in [2.05, 4.69) is 0 Å². The summed E-state index contributed by atoms with van der Waals surface area (Å²) >= 11 is 0. The van der Waals surface area contributed by atoms with E-state index < -0.39 is 0 Å². The van der Waals surface area contributed by atoms with Crippen molar-refractivity contribution in [3.05, 3.63) is 53.1 Å². The standard InChI is InChI=1S/C15H14FNO/c1-10-12(16)4-2-5-13(10)17-9-8-11-14(17)6-3-7-15(11)18/h2,4-5,8-9H,3,6-7H2,1H3. The van der Waals surface area contributed by atoms with Gasteiger partial charge >= 0.3 is 0 Å². The average molecular weight is 243 g/mol. The molecule has 1 aromatic carbocycles. The molecule has 1 aliphatic rings. The Bertz CT molecular complexity index is 627. The zero-order valence-corrected chi connectivity index (χ0v) is 10.2. The van der Waals surface area contributed by atoms with Gasteiger partial charge in [-0.2, -0.15) is 0 Å². The molecule has 92 valence electrons. The number of carbonyl (C=O) groups excluding carboxylic acids is 1. The lowest BCUT2D eigenvalue weighted by Crippen LogP contribution is -2.12. The van der Waals surface area contributed by atoms with Crippen molar-refractivity contribution in [1.29, 1.82) is 0 Å². The number of benzene rings is 1. The summed E-state index contributed by atoms with van der Waals surface area (Å²) in [6, 6.07) is 6.90. The summed E-state index contributed by atoms with van der Waals surface area (Å²) < 4.78 is 15.5. The van der Waals surface area contributed by atoms with Crippen LogP contribution in [0.4, 0.5) is 4.39 Å². The van der Waals surface area contributed by atoms with Crippen molar-refractivity contribution < 1.29 is 9.18 Å². The minimum absolute atomic E-state index is 0.198. The lowest BCUT2D eigenvalue weighted by molar-refractivity contribution is 0.0972. The first-order chi connectivity index (χ1) is 8.68. The van der Waals surface area contributed by atoms with Crippen LogP contribution in [0.15, 0.2) is 30.5 Å². The normalized spacial score (nSPS) is 14.7. The van der Waals surface area contributed by atoms with Crippen LogP contribution in [-0.4, -0.2) is 10.4 Å². The molecule has 18 heavy (non-hydrogen) atoms. The van der Waals surface area contributed by atoms with Gasteiger partial charge in [-0.1, -0.05) is 6.07 Å². The van der Waals surface area contributed by atoms with Crippen LogP contribution >= 0.6 is 0 Å². The second-order valence-corrected chi connectivity index (χ2v) is 4.71. The third kappa shape index (κ3) is 1.58. The van der Waals surface area contributed by atoms with Gasteiger partial charge in [0.15, 0.2) is 5.78 Å². The first kappa shape index (κ1) is 11.2. The first-order valence-corrected chi connectivity index (χ1v) is 6.17. The molecule has 0 N–H and O–H groups in total. The van der Waals surface area contributed by atoms with Crippen molar-refractivity contribution >= 4 is 5.78 Å². The number of ketones is 1. The third-order valence-corrected chi connectivity index (χ3v) is 3.61. The zero-order chi connectivity index (χ0) is 12.7. The molecule has 3 heteroatoms. The van der Waals surface area contributed by atoms with Crippen LogP contribution in [0.1, 0.15) is 34.5 Å². The second kappa shape index (κ2) is 4.09. The van der Waals surface area contributed by atoms with E-state index in [0.717, 1.165) is 29.8 Å². The number of hydrogen-bond acceptors (Lipinski definition) is 1. The van der Waals surface area contributed by atoms with Gasteiger partial charge in [0.1, 0.15) is 5.82 Å². The molecule has 1 heterocycles. The summed E-state index contributed by atoms with van der Waals surface area (Å²) in [6.07, 6.45) is 4.25. The lowest BCUT2D eigenvalue weighted by Gasteiger charge is -2.16. The molecule has 0 amide bonds. The van der Waals surface area contributed by atoms with Crippen molar-refractivity contribution in [3.8, 4) is 5.69 Å². The molecule has 0 spiro atoms. The molecule has 0 unspecified atom stereocenters. The molecule has 0 saturated heterocycles. The Morgan fingerprint density at radius 2 is 2.06 bits per heavy atom. The van der Waals surface area contributed by atoms with E-state index in [9.17, 15) is 9.18 Å². The van der Waals surface area contributed by atoms with E-state index in [1.807, 2.05) is 22.9 Å². The number of fused-ring (bicyclic) bond motifs is 1. The minimum Gasteiger partial charge on any atom is -0.320 e. The number of nitrogens with zero attached hydrogens (tertiary/aromatic N) is 1. The maximum absolute atomic E-state index is 13.6. The highest BCUT2D eigenvalue weighted by molar-refractivity contribution is 5.98. The highest BCUT2D eigenvalue weighted by atomic mass is 19.1. The van der Waals surface area contributed by atoms with Crippen molar-refractivity contribution in [1.82, 2.24) is 4.57 Å². The van der Waals surface area contributed by atoms with Gasteiger partial charge in [-0.15, -0.1) is 0 Å². The summed E-state index contributed by atoms with van der Waals surface area (Å²) in [4.78, 5) is 11.8. The number of aromatic nitrogens is 1. The highest BCUT2D eigenvalue weighted by Crippen LogP contribution is 2.27. The van der Waals surface area contributed by atoms with Crippen LogP contribution in [0.2, 0.25) is 0 Å². The Morgan fingerprint density at radius 3 is 2.89 bits per heavy atom. The largest absolute Gasteiger partial charge is 0.320 e. The Balaban J connectivity index is 2.19. The van der Waals surface area contributed by atoms with Crippen molar-refractivity contribution in [2.45, 2.75) is 26.2 Å². The van der Waals surface area contributed by atoms with Gasteiger partial charge in [0, 0.05) is 29.4 Å². The smallest absolute Gasteiger partial charge is 0.164 e. The molecule has 0 fully saturated rings. The number of hydrogen-bond donors (Lipinski definition) is 0. The molecule has 1 aromatic heterocycles. The number of Topliss-reactive ketones (excluding diaryl/α,β-unsaturated/α-hetero) is 1. The maximum atomic E-state index is 13.6. The SMILES string of the molecule is Cc1c(F)cccc1-n1ccc2c1CCCC2=O. The van der Waals surface area contributed by atoms with E-state index >= 15 is 0 Å². The van der Waals surface area contributed by atoms with E-state index in [0.29, 0.717) is 12.0 Å². The van der Waals surface area contributed by atoms with Crippen molar-refractivity contribution in [2.75, 3.05) is 0 Å². The van der Waals surface area contributed by atoms with E-state index in [-0.39, 0.29) is 11.6 Å². The Labute approximate surface area is 105 Å². The van der Waals surface area contributed by atoms with Crippen LogP contribution in [-0.2, 0) is 6.42 Å². The van der Waals surface area contributed by atoms with Crippen LogP contribution in [0.3, 0.4) is 0 Å². The Morgan fingerprint density at radius 1 is 1.22 bits per heavy atom. The molecule has 0 atom stereocenters. The fourth-order valence-corrected chi connectivity index (χ4v) is 2.61. The number of carbonyl (C=O) groups is 1. The third-order valence-electron chi connectivity index (χ3n) is 3.61. The van der Waals surface area contributed by atoms with E-state index in [1.165, 1.54) is 6.07 Å². The molecule has 0 saturated carbocycles. The van der Waals surface area contributed by atoms with Crippen LogP contribution in [0, 0.1) is 12.7 Å². The second-order valence-electron chi connectivity index (χ2n) is 4.71. The Kier molecular flexibility index (Phi) is 2.54. The molecule has 2 nitrogen and oxygen atoms in total. The molecular formula is C15H14FNO. The predicted molar refractivity (Wildman–Crippen MR) is 67.7 cm³/mol. The quantitative estimate of drug-likeness (QED) is 0.752. The molecule has 0 bridgehead atoms. The summed E-state index contributed by atoms with van der Waals surface area (Å²) in [5, 5.41) is 0. The minimum atomic E-state index is -0.211. The lowest BCUT2D eigenvalue weighted by atomic mass is 9.96. The fourth-order valence-electron chi connectivity index (χ4n) is 2.61. The average Bonchev–Trinajstić information content (AvgIpc) is 2.78. The molecular weight excluding hydrogens is 229 g/mol. The molecule has 2 aromatic rings. The van der Waals surface area contributed by atoms with E-state index in [1.54, 1.807) is 13.0 Å². The van der Waals surface area contributed by atoms with Gasteiger partial charge in [0.05, 0.1) is 5.69 Å². The van der Waals surface area contributed by atoms with Gasteiger partial charge in [-0.3, -0.25) is 4.79 Å². The van der Waals surface area contributed by atoms with Gasteiger partial charge in [0.25, 0.3) is 0 Å². The molecule has 0 radical (unpaired) electrons. The fraction of sp³-hybridized carbons (Fsp3) is 0.267. The van der Waals surface area contributed by atoms with Gasteiger partial charge in [0.2, 0.25) is 0 Å².